The van der Waals surface area contributed by atoms with Crippen LogP contribution in [0.3, 0.4) is 0 Å². The predicted molar refractivity (Wildman–Crippen MR) is 131 cm³/mol. The van der Waals surface area contributed by atoms with Gasteiger partial charge in [0.25, 0.3) is 0 Å². The highest BCUT2D eigenvalue weighted by molar-refractivity contribution is 6.31. The number of aromatic amines is 1. The van der Waals surface area contributed by atoms with E-state index in [1.165, 1.54) is 0 Å². The lowest BCUT2D eigenvalue weighted by Gasteiger charge is -2.18. The van der Waals surface area contributed by atoms with E-state index in [1.807, 2.05) is 42.5 Å². The topological polar surface area (TPSA) is 92.0 Å². The predicted octanol–water partition coefficient (Wildman–Crippen LogP) is 6.27. The number of nitrogens with one attached hydrogen (secondary N) is 1. The second-order valence-corrected chi connectivity index (χ2v) is 7.84. The zero-order valence-corrected chi connectivity index (χ0v) is 18.2. The minimum absolute atomic E-state index is 0.595. The van der Waals surface area contributed by atoms with E-state index in [9.17, 15) is 4.79 Å². The molecule has 0 aliphatic rings. The SMILES string of the molecule is CC/C(=C(/c1ccc(/C=C/C(=O)O)cc1)c1ccc2[nH]ncc2c1)c1ccc(Cl)cc1N. The number of halogens is 1. The molecular weight excluding hydrogens is 422 g/mol. The van der Waals surface area contributed by atoms with E-state index in [2.05, 4.69) is 29.3 Å². The van der Waals surface area contributed by atoms with Crippen LogP contribution in [0.1, 0.15) is 35.6 Å². The molecule has 4 aromatic rings. The average molecular weight is 444 g/mol. The molecule has 0 aliphatic carbocycles. The summed E-state index contributed by atoms with van der Waals surface area (Å²) in [6.45, 7) is 2.10. The van der Waals surface area contributed by atoms with E-state index in [-0.39, 0.29) is 0 Å². The Labute approximate surface area is 190 Å². The van der Waals surface area contributed by atoms with Crippen molar-refractivity contribution < 1.29 is 9.90 Å². The number of carbonyl (C=O) groups is 1. The van der Waals surface area contributed by atoms with Gasteiger partial charge in [-0.05, 0) is 64.6 Å². The lowest BCUT2D eigenvalue weighted by molar-refractivity contribution is -0.131. The molecule has 32 heavy (non-hydrogen) atoms. The highest BCUT2D eigenvalue weighted by Gasteiger charge is 2.16. The molecule has 1 heterocycles. The number of H-pyrrole nitrogens is 1. The molecule has 0 bridgehead atoms. The van der Waals surface area contributed by atoms with Crippen LogP contribution in [0.5, 0.6) is 0 Å². The Bertz CT molecular complexity index is 1350. The van der Waals surface area contributed by atoms with Gasteiger partial charge < -0.3 is 10.8 Å². The monoisotopic (exact) mass is 443 g/mol. The Balaban J connectivity index is 1.93. The van der Waals surface area contributed by atoms with Gasteiger partial charge in [-0.2, -0.15) is 5.10 Å². The van der Waals surface area contributed by atoms with Crippen LogP contribution in [0.4, 0.5) is 5.69 Å². The van der Waals surface area contributed by atoms with Gasteiger partial charge in [0.05, 0.1) is 11.7 Å². The summed E-state index contributed by atoms with van der Waals surface area (Å²) in [6.07, 6.45) is 5.26. The minimum atomic E-state index is -0.977. The molecule has 0 unspecified atom stereocenters. The molecule has 4 rings (SSSR count). The summed E-state index contributed by atoms with van der Waals surface area (Å²) in [7, 11) is 0. The number of aromatic nitrogens is 2. The number of nitrogens with two attached hydrogens (primary N) is 1. The Hall–Kier alpha value is -3.83. The summed E-state index contributed by atoms with van der Waals surface area (Å²) in [5.74, 6) is -0.977. The second kappa shape index (κ2) is 9.12. The van der Waals surface area contributed by atoms with Crippen molar-refractivity contribution in [1.82, 2.24) is 10.2 Å². The van der Waals surface area contributed by atoms with E-state index in [0.29, 0.717) is 10.7 Å². The number of hydrogen-bond donors (Lipinski definition) is 3. The van der Waals surface area contributed by atoms with Crippen molar-refractivity contribution in [1.29, 1.82) is 0 Å². The zero-order valence-electron chi connectivity index (χ0n) is 17.5. The Morgan fingerprint density at radius 2 is 1.84 bits per heavy atom. The number of hydrogen-bond acceptors (Lipinski definition) is 3. The molecule has 0 spiro atoms. The van der Waals surface area contributed by atoms with Gasteiger partial charge in [-0.25, -0.2) is 4.79 Å². The molecule has 4 N–H and O–H groups in total. The van der Waals surface area contributed by atoms with Gasteiger partial charge in [-0.1, -0.05) is 54.9 Å². The van der Waals surface area contributed by atoms with Crippen LogP contribution < -0.4 is 5.73 Å². The number of fused-ring (bicyclic) bond motifs is 1. The standard InChI is InChI=1S/C26H22ClN3O2/c1-2-21(22-10-9-20(27)14-23(22)28)26(18-8-11-24-19(13-18)15-29-30-24)17-6-3-16(4-7-17)5-12-25(31)32/h3-15H,2,28H2,1H3,(H,29,30)(H,31,32)/b12-5+,26-21+. The maximum atomic E-state index is 10.8. The lowest BCUT2D eigenvalue weighted by Crippen LogP contribution is -1.99. The van der Waals surface area contributed by atoms with Crippen LogP contribution in [0, 0.1) is 0 Å². The minimum Gasteiger partial charge on any atom is -0.478 e. The number of anilines is 1. The lowest BCUT2D eigenvalue weighted by atomic mass is 9.87. The normalized spacial score (nSPS) is 12.3. The first kappa shape index (κ1) is 21.4. The molecule has 5 nitrogen and oxygen atoms in total. The summed E-state index contributed by atoms with van der Waals surface area (Å²) in [5.41, 5.74) is 13.9. The smallest absolute Gasteiger partial charge is 0.328 e. The maximum absolute atomic E-state index is 10.8. The Morgan fingerprint density at radius 3 is 2.53 bits per heavy atom. The number of allylic oxidation sites excluding steroid dienone is 1. The van der Waals surface area contributed by atoms with Crippen molar-refractivity contribution in [2.75, 3.05) is 5.73 Å². The fourth-order valence-corrected chi connectivity index (χ4v) is 4.03. The summed E-state index contributed by atoms with van der Waals surface area (Å²) in [4.78, 5) is 10.8. The van der Waals surface area contributed by atoms with E-state index >= 15 is 0 Å². The van der Waals surface area contributed by atoms with Gasteiger partial charge in [-0.3, -0.25) is 5.10 Å². The van der Waals surface area contributed by atoms with Gasteiger partial charge in [0.1, 0.15) is 0 Å². The van der Waals surface area contributed by atoms with Crippen LogP contribution in [-0.2, 0) is 4.79 Å². The summed E-state index contributed by atoms with van der Waals surface area (Å²) < 4.78 is 0. The summed E-state index contributed by atoms with van der Waals surface area (Å²) in [5, 5.41) is 17.6. The largest absolute Gasteiger partial charge is 0.478 e. The molecule has 0 atom stereocenters. The van der Waals surface area contributed by atoms with Gasteiger partial charge in [0.15, 0.2) is 0 Å². The average Bonchev–Trinajstić information content (AvgIpc) is 3.25. The van der Waals surface area contributed by atoms with E-state index in [1.54, 1.807) is 18.3 Å². The van der Waals surface area contributed by atoms with Crippen molar-refractivity contribution in [3.8, 4) is 0 Å². The van der Waals surface area contributed by atoms with Crippen molar-refractivity contribution in [2.24, 2.45) is 0 Å². The highest BCUT2D eigenvalue weighted by atomic mass is 35.5. The Morgan fingerprint density at radius 1 is 1.09 bits per heavy atom. The number of carboxylic acid groups (broad SMARTS) is 1. The van der Waals surface area contributed by atoms with Crippen molar-refractivity contribution >= 4 is 51.4 Å². The molecule has 0 saturated heterocycles. The molecule has 3 aromatic carbocycles. The number of nitrogen functional groups attached to an aromatic ring is 1. The molecule has 0 aliphatic heterocycles. The molecule has 0 amide bonds. The molecule has 160 valence electrons. The fraction of sp³-hybridized carbons (Fsp3) is 0.0769. The van der Waals surface area contributed by atoms with Gasteiger partial charge in [0, 0.05) is 27.7 Å². The summed E-state index contributed by atoms with van der Waals surface area (Å²) in [6, 6.07) is 19.6. The Kier molecular flexibility index (Phi) is 6.10. The maximum Gasteiger partial charge on any atom is 0.328 e. The zero-order chi connectivity index (χ0) is 22.7. The summed E-state index contributed by atoms with van der Waals surface area (Å²) >= 11 is 6.15. The molecule has 0 radical (unpaired) electrons. The number of aliphatic carboxylic acids is 1. The van der Waals surface area contributed by atoms with Gasteiger partial charge in [0.2, 0.25) is 0 Å². The number of benzene rings is 3. The first-order chi connectivity index (χ1) is 15.5. The molecule has 0 fully saturated rings. The molecular formula is C26H22ClN3O2. The third kappa shape index (κ3) is 4.43. The number of nitrogens with zero attached hydrogens (tertiary/aromatic N) is 1. The molecule has 0 saturated carbocycles. The van der Waals surface area contributed by atoms with E-state index in [0.717, 1.165) is 56.8 Å². The first-order valence-corrected chi connectivity index (χ1v) is 10.6. The van der Waals surface area contributed by atoms with Gasteiger partial charge >= 0.3 is 5.97 Å². The van der Waals surface area contributed by atoms with Crippen molar-refractivity contribution in [2.45, 2.75) is 13.3 Å². The third-order valence-corrected chi connectivity index (χ3v) is 5.58. The van der Waals surface area contributed by atoms with Gasteiger partial charge in [-0.15, -0.1) is 0 Å². The first-order valence-electron chi connectivity index (χ1n) is 10.2. The van der Waals surface area contributed by atoms with Crippen LogP contribution in [0.15, 0.2) is 72.9 Å². The van der Waals surface area contributed by atoms with E-state index < -0.39 is 5.97 Å². The van der Waals surface area contributed by atoms with Crippen molar-refractivity contribution in [3.05, 3.63) is 100 Å². The molecule has 6 heteroatoms. The second-order valence-electron chi connectivity index (χ2n) is 7.40. The quantitative estimate of drug-likeness (QED) is 0.186. The van der Waals surface area contributed by atoms with E-state index in [4.69, 9.17) is 22.4 Å². The van der Waals surface area contributed by atoms with Crippen LogP contribution in [0.2, 0.25) is 5.02 Å². The fourth-order valence-electron chi connectivity index (χ4n) is 3.85. The third-order valence-electron chi connectivity index (χ3n) is 5.34. The van der Waals surface area contributed by atoms with Crippen molar-refractivity contribution in [3.63, 3.8) is 0 Å². The number of carboxylic acids is 1. The highest BCUT2D eigenvalue weighted by Crippen LogP contribution is 2.38. The number of rotatable bonds is 6. The van der Waals surface area contributed by atoms with Crippen LogP contribution in [-0.4, -0.2) is 21.3 Å². The van der Waals surface area contributed by atoms with Crippen LogP contribution in [0.25, 0.3) is 28.1 Å². The van der Waals surface area contributed by atoms with Crippen LogP contribution >= 0.6 is 11.6 Å². The molecule has 1 aromatic heterocycles.